The summed E-state index contributed by atoms with van der Waals surface area (Å²) in [6.07, 6.45) is 3.63. The number of aromatic nitrogens is 2. The summed E-state index contributed by atoms with van der Waals surface area (Å²) in [6.45, 7) is 6.99. The van der Waals surface area contributed by atoms with Gasteiger partial charge in [0.2, 0.25) is 0 Å². The Bertz CT molecular complexity index is 498. The molecule has 1 aromatic heterocycles. The lowest BCUT2D eigenvalue weighted by Crippen LogP contribution is -2.39. The Morgan fingerprint density at radius 3 is 2.73 bits per heavy atom. The van der Waals surface area contributed by atoms with Crippen molar-refractivity contribution in [2.24, 2.45) is 0 Å². The van der Waals surface area contributed by atoms with E-state index in [2.05, 4.69) is 20.2 Å². The van der Waals surface area contributed by atoms with E-state index in [1.807, 2.05) is 4.90 Å². The number of nitrogens with one attached hydrogen (secondary N) is 1. The number of carbonyl (C=O) groups excluding carboxylic acids is 1. The molecule has 0 aromatic carbocycles. The van der Waals surface area contributed by atoms with Crippen LogP contribution in [-0.2, 0) is 4.74 Å². The highest BCUT2D eigenvalue weighted by Crippen LogP contribution is 2.13. The van der Waals surface area contributed by atoms with Crippen molar-refractivity contribution in [3.8, 4) is 0 Å². The molecule has 2 fully saturated rings. The molecule has 0 atom stereocenters. The number of morpholine rings is 1. The number of likely N-dealkylation sites (tertiary alicyclic amines) is 1. The highest BCUT2D eigenvalue weighted by molar-refractivity contribution is 5.93. The first-order valence-electron chi connectivity index (χ1n) is 7.98. The van der Waals surface area contributed by atoms with Crippen LogP contribution >= 0.6 is 0 Å². The molecule has 1 aromatic rings. The normalized spacial score (nSPS) is 19.4. The molecule has 7 heteroatoms. The Morgan fingerprint density at radius 2 is 1.95 bits per heavy atom. The van der Waals surface area contributed by atoms with Gasteiger partial charge in [0, 0.05) is 45.3 Å². The average Bonchev–Trinajstić information content (AvgIpc) is 3.10. The SMILES string of the molecule is O=C(c1cc(NCCN2CCOCC2)ncn1)N1CCCC1. The molecular formula is C15H23N5O2. The molecule has 0 unspecified atom stereocenters. The summed E-state index contributed by atoms with van der Waals surface area (Å²) in [5, 5.41) is 3.27. The van der Waals surface area contributed by atoms with Gasteiger partial charge in [-0.05, 0) is 12.8 Å². The molecule has 7 nitrogen and oxygen atoms in total. The van der Waals surface area contributed by atoms with Crippen molar-refractivity contribution in [3.05, 3.63) is 18.1 Å². The molecule has 0 radical (unpaired) electrons. The van der Waals surface area contributed by atoms with Crippen molar-refractivity contribution in [3.63, 3.8) is 0 Å². The van der Waals surface area contributed by atoms with Crippen molar-refractivity contribution < 1.29 is 9.53 Å². The van der Waals surface area contributed by atoms with Gasteiger partial charge in [0.05, 0.1) is 13.2 Å². The molecule has 0 spiro atoms. The summed E-state index contributed by atoms with van der Waals surface area (Å²) in [5.74, 6) is 0.724. The third-order valence-corrected chi connectivity index (χ3v) is 4.12. The predicted molar refractivity (Wildman–Crippen MR) is 82.9 cm³/mol. The van der Waals surface area contributed by atoms with Gasteiger partial charge >= 0.3 is 0 Å². The molecule has 2 aliphatic heterocycles. The summed E-state index contributed by atoms with van der Waals surface area (Å²) >= 11 is 0. The maximum atomic E-state index is 12.3. The van der Waals surface area contributed by atoms with E-state index >= 15 is 0 Å². The topological polar surface area (TPSA) is 70.6 Å². The van der Waals surface area contributed by atoms with Crippen LogP contribution in [0.5, 0.6) is 0 Å². The Morgan fingerprint density at radius 1 is 1.18 bits per heavy atom. The molecule has 0 bridgehead atoms. The molecule has 120 valence electrons. The van der Waals surface area contributed by atoms with E-state index < -0.39 is 0 Å². The Kier molecular flexibility index (Phi) is 5.18. The van der Waals surface area contributed by atoms with E-state index in [0.717, 1.165) is 65.3 Å². The molecule has 2 aliphatic rings. The number of carbonyl (C=O) groups is 1. The van der Waals surface area contributed by atoms with E-state index in [1.54, 1.807) is 6.07 Å². The van der Waals surface area contributed by atoms with Gasteiger partial charge in [-0.25, -0.2) is 9.97 Å². The Balaban J connectivity index is 1.51. The highest BCUT2D eigenvalue weighted by Gasteiger charge is 2.20. The fourth-order valence-corrected chi connectivity index (χ4v) is 2.82. The van der Waals surface area contributed by atoms with Crippen LogP contribution in [0, 0.1) is 0 Å². The second-order valence-corrected chi connectivity index (χ2v) is 5.67. The lowest BCUT2D eigenvalue weighted by Gasteiger charge is -2.26. The van der Waals surface area contributed by atoms with Crippen LogP contribution in [0.25, 0.3) is 0 Å². The number of rotatable bonds is 5. The first-order chi connectivity index (χ1) is 10.8. The molecule has 3 heterocycles. The third kappa shape index (κ3) is 3.92. The summed E-state index contributed by atoms with van der Waals surface area (Å²) in [6, 6.07) is 1.75. The fraction of sp³-hybridized carbons (Fsp3) is 0.667. The largest absolute Gasteiger partial charge is 0.379 e. The number of hydrogen-bond acceptors (Lipinski definition) is 6. The standard InChI is InChI=1S/C15H23N5O2/c21-15(20-4-1-2-5-20)13-11-14(18-12-17-13)16-3-6-19-7-9-22-10-8-19/h11-12H,1-10H2,(H,16,17,18). The van der Waals surface area contributed by atoms with E-state index in [-0.39, 0.29) is 5.91 Å². The van der Waals surface area contributed by atoms with Crippen LogP contribution in [-0.4, -0.2) is 78.2 Å². The van der Waals surface area contributed by atoms with Crippen molar-refractivity contribution in [1.29, 1.82) is 0 Å². The van der Waals surface area contributed by atoms with Crippen molar-refractivity contribution >= 4 is 11.7 Å². The zero-order chi connectivity index (χ0) is 15.2. The second kappa shape index (κ2) is 7.51. The van der Waals surface area contributed by atoms with Crippen LogP contribution in [0.4, 0.5) is 5.82 Å². The maximum Gasteiger partial charge on any atom is 0.272 e. The molecule has 2 saturated heterocycles. The van der Waals surface area contributed by atoms with Gasteiger partial charge in [-0.1, -0.05) is 0 Å². The quantitative estimate of drug-likeness (QED) is 0.852. The number of amides is 1. The van der Waals surface area contributed by atoms with E-state index in [0.29, 0.717) is 11.5 Å². The lowest BCUT2D eigenvalue weighted by molar-refractivity contribution is 0.0398. The molecule has 3 rings (SSSR count). The minimum Gasteiger partial charge on any atom is -0.379 e. The third-order valence-electron chi connectivity index (χ3n) is 4.12. The van der Waals surface area contributed by atoms with E-state index in [4.69, 9.17) is 4.74 Å². The van der Waals surface area contributed by atoms with Crippen molar-refractivity contribution in [1.82, 2.24) is 19.8 Å². The summed E-state index contributed by atoms with van der Waals surface area (Å²) < 4.78 is 5.33. The predicted octanol–water partition coefficient (Wildman–Crippen LogP) is 0.457. The molecule has 1 N–H and O–H groups in total. The maximum absolute atomic E-state index is 12.3. The summed E-state index contributed by atoms with van der Waals surface area (Å²) in [7, 11) is 0. The van der Waals surface area contributed by atoms with Gasteiger partial charge in [0.15, 0.2) is 0 Å². The van der Waals surface area contributed by atoms with Crippen LogP contribution < -0.4 is 5.32 Å². The molecule has 0 saturated carbocycles. The van der Waals surface area contributed by atoms with Gasteiger partial charge < -0.3 is 15.0 Å². The van der Waals surface area contributed by atoms with Crippen LogP contribution in [0.15, 0.2) is 12.4 Å². The highest BCUT2D eigenvalue weighted by atomic mass is 16.5. The molecule has 22 heavy (non-hydrogen) atoms. The zero-order valence-electron chi connectivity index (χ0n) is 12.8. The average molecular weight is 305 g/mol. The summed E-state index contributed by atoms with van der Waals surface area (Å²) in [4.78, 5) is 24.8. The Hall–Kier alpha value is -1.73. The molecule has 1 amide bonds. The minimum atomic E-state index is 0.0103. The van der Waals surface area contributed by atoms with Gasteiger partial charge in [-0.3, -0.25) is 9.69 Å². The summed E-state index contributed by atoms with van der Waals surface area (Å²) in [5.41, 5.74) is 0.478. The Labute approximate surface area is 130 Å². The first-order valence-corrected chi connectivity index (χ1v) is 7.98. The van der Waals surface area contributed by atoms with E-state index in [9.17, 15) is 4.79 Å². The first kappa shape index (κ1) is 15.2. The number of hydrogen-bond donors (Lipinski definition) is 1. The minimum absolute atomic E-state index is 0.0103. The van der Waals surface area contributed by atoms with Gasteiger partial charge in [0.1, 0.15) is 17.8 Å². The van der Waals surface area contributed by atoms with E-state index in [1.165, 1.54) is 6.33 Å². The van der Waals surface area contributed by atoms with Crippen LogP contribution in [0.1, 0.15) is 23.3 Å². The zero-order valence-corrected chi connectivity index (χ0v) is 12.8. The van der Waals surface area contributed by atoms with Gasteiger partial charge in [-0.15, -0.1) is 0 Å². The van der Waals surface area contributed by atoms with Gasteiger partial charge in [0.25, 0.3) is 5.91 Å². The van der Waals surface area contributed by atoms with Crippen LogP contribution in [0.3, 0.4) is 0 Å². The van der Waals surface area contributed by atoms with Crippen LogP contribution in [0.2, 0.25) is 0 Å². The second-order valence-electron chi connectivity index (χ2n) is 5.67. The monoisotopic (exact) mass is 305 g/mol. The number of anilines is 1. The smallest absolute Gasteiger partial charge is 0.272 e. The van der Waals surface area contributed by atoms with Gasteiger partial charge in [-0.2, -0.15) is 0 Å². The van der Waals surface area contributed by atoms with Crippen molar-refractivity contribution in [2.75, 3.05) is 57.8 Å². The number of ether oxygens (including phenoxy) is 1. The fourth-order valence-electron chi connectivity index (χ4n) is 2.82. The molecule has 0 aliphatic carbocycles. The molecular weight excluding hydrogens is 282 g/mol. The number of nitrogens with zero attached hydrogens (tertiary/aromatic N) is 4. The lowest BCUT2D eigenvalue weighted by atomic mass is 10.3. The van der Waals surface area contributed by atoms with Crippen molar-refractivity contribution in [2.45, 2.75) is 12.8 Å².